The van der Waals surface area contributed by atoms with E-state index in [4.69, 9.17) is 5.11 Å². The molecule has 6 heteroatoms. The zero-order valence-electron chi connectivity index (χ0n) is 10.8. The Morgan fingerprint density at radius 1 is 1.32 bits per heavy atom. The molecule has 6 nitrogen and oxygen atoms in total. The summed E-state index contributed by atoms with van der Waals surface area (Å²) in [6, 6.07) is 8.06. The van der Waals surface area contributed by atoms with E-state index < -0.39 is 5.97 Å². The summed E-state index contributed by atoms with van der Waals surface area (Å²) in [5.74, 6) is -0.130. The molecule has 0 saturated carbocycles. The lowest BCUT2D eigenvalue weighted by molar-refractivity contribution is -0.137. The lowest BCUT2D eigenvalue weighted by Crippen LogP contribution is -2.05. The fourth-order valence-corrected chi connectivity index (χ4v) is 1.83. The minimum absolute atomic E-state index is 0.119. The molecule has 0 unspecified atom stereocenters. The van der Waals surface area contributed by atoms with E-state index in [-0.39, 0.29) is 6.42 Å². The Kier molecular flexibility index (Phi) is 4.22. The van der Waals surface area contributed by atoms with Crippen LogP contribution in [0.1, 0.15) is 25.3 Å². The van der Waals surface area contributed by atoms with Gasteiger partial charge in [0.05, 0.1) is 0 Å². The molecule has 1 aromatic carbocycles. The summed E-state index contributed by atoms with van der Waals surface area (Å²) >= 11 is 0. The lowest BCUT2D eigenvalue weighted by atomic mass is 10.1. The molecule has 2 rings (SSSR count). The van der Waals surface area contributed by atoms with Crippen molar-refractivity contribution in [3.05, 3.63) is 29.8 Å². The Hall–Kier alpha value is -2.24. The Balaban J connectivity index is 2.11. The van der Waals surface area contributed by atoms with E-state index in [1.54, 1.807) is 4.68 Å². The maximum Gasteiger partial charge on any atom is 0.303 e. The first-order valence-corrected chi connectivity index (χ1v) is 6.28. The van der Waals surface area contributed by atoms with Gasteiger partial charge in [-0.05, 0) is 28.8 Å². The maximum atomic E-state index is 10.5. The van der Waals surface area contributed by atoms with Gasteiger partial charge < -0.3 is 5.11 Å². The van der Waals surface area contributed by atoms with E-state index in [0.717, 1.165) is 12.0 Å². The van der Waals surface area contributed by atoms with Gasteiger partial charge in [-0.25, -0.2) is 4.68 Å². The highest BCUT2D eigenvalue weighted by atomic mass is 16.4. The molecule has 19 heavy (non-hydrogen) atoms. The van der Waals surface area contributed by atoms with Gasteiger partial charge in [0.15, 0.2) is 5.82 Å². The van der Waals surface area contributed by atoms with Crippen molar-refractivity contribution in [1.29, 1.82) is 0 Å². The predicted octanol–water partition coefficient (Wildman–Crippen LogP) is 1.77. The molecule has 1 heterocycles. The first-order chi connectivity index (χ1) is 9.20. The summed E-state index contributed by atoms with van der Waals surface area (Å²) in [5.41, 5.74) is 2.20. The Bertz CT molecular complexity index is 548. The number of tetrazole rings is 1. The number of carbonyl (C=O) groups is 1. The molecule has 0 aliphatic rings. The number of rotatable bonds is 6. The van der Waals surface area contributed by atoms with Crippen LogP contribution in [0.25, 0.3) is 11.4 Å². The van der Waals surface area contributed by atoms with Crippen LogP contribution >= 0.6 is 0 Å². The Morgan fingerprint density at radius 3 is 2.68 bits per heavy atom. The third-order valence-corrected chi connectivity index (χ3v) is 2.91. The smallest absolute Gasteiger partial charge is 0.303 e. The van der Waals surface area contributed by atoms with Crippen LogP contribution < -0.4 is 0 Å². The van der Waals surface area contributed by atoms with Crippen LogP contribution in [0.3, 0.4) is 0 Å². The van der Waals surface area contributed by atoms with Crippen molar-refractivity contribution in [3.8, 4) is 11.4 Å². The Morgan fingerprint density at radius 2 is 2.05 bits per heavy atom. The molecule has 100 valence electrons. The normalized spacial score (nSPS) is 10.6. The fraction of sp³-hybridized carbons (Fsp3) is 0.385. The van der Waals surface area contributed by atoms with Crippen molar-refractivity contribution in [2.24, 2.45) is 0 Å². The van der Waals surface area contributed by atoms with Crippen LogP contribution in [0.15, 0.2) is 24.3 Å². The molecule has 0 bridgehead atoms. The molecular weight excluding hydrogens is 244 g/mol. The first-order valence-electron chi connectivity index (χ1n) is 6.28. The second kappa shape index (κ2) is 6.08. The molecule has 2 aromatic rings. The van der Waals surface area contributed by atoms with Crippen LogP contribution in [0.5, 0.6) is 0 Å². The highest BCUT2D eigenvalue weighted by molar-refractivity contribution is 5.66. The van der Waals surface area contributed by atoms with Crippen LogP contribution in [0, 0.1) is 0 Å². The topological polar surface area (TPSA) is 80.9 Å². The van der Waals surface area contributed by atoms with Gasteiger partial charge in [-0.15, -0.1) is 5.10 Å². The molecule has 0 spiro atoms. The monoisotopic (exact) mass is 260 g/mol. The number of nitrogens with zero attached hydrogens (tertiary/aromatic N) is 4. The molecule has 0 atom stereocenters. The van der Waals surface area contributed by atoms with Crippen LogP contribution in [0.4, 0.5) is 0 Å². The molecule has 0 radical (unpaired) electrons. The van der Waals surface area contributed by atoms with E-state index in [1.807, 2.05) is 24.3 Å². The molecule has 0 aliphatic carbocycles. The number of benzene rings is 1. The third kappa shape index (κ3) is 3.37. The summed E-state index contributed by atoms with van der Waals surface area (Å²) in [7, 11) is 0. The summed E-state index contributed by atoms with van der Waals surface area (Å²) in [6.45, 7) is 2.61. The average Bonchev–Trinajstić information content (AvgIpc) is 2.87. The fourth-order valence-electron chi connectivity index (χ4n) is 1.83. The summed E-state index contributed by atoms with van der Waals surface area (Å²) in [4.78, 5) is 10.5. The largest absolute Gasteiger partial charge is 0.481 e. The maximum absolute atomic E-state index is 10.5. The molecule has 0 amide bonds. The van der Waals surface area contributed by atoms with Crippen molar-refractivity contribution in [3.63, 3.8) is 0 Å². The number of hydrogen-bond donors (Lipinski definition) is 1. The minimum Gasteiger partial charge on any atom is -0.481 e. The number of aliphatic carboxylic acids is 1. The molecule has 0 saturated heterocycles. The summed E-state index contributed by atoms with van der Waals surface area (Å²) in [6.07, 6.45) is 1.62. The van der Waals surface area contributed by atoms with Gasteiger partial charge >= 0.3 is 5.97 Å². The van der Waals surface area contributed by atoms with Gasteiger partial charge in [-0.2, -0.15) is 0 Å². The number of aryl methyl sites for hydroxylation is 2. The van der Waals surface area contributed by atoms with Crippen LogP contribution in [-0.2, 0) is 17.8 Å². The number of carboxylic acid groups (broad SMARTS) is 1. The lowest BCUT2D eigenvalue weighted by Gasteiger charge is -2.04. The zero-order valence-corrected chi connectivity index (χ0v) is 10.8. The van der Waals surface area contributed by atoms with E-state index >= 15 is 0 Å². The van der Waals surface area contributed by atoms with E-state index in [9.17, 15) is 4.79 Å². The van der Waals surface area contributed by atoms with Crippen LogP contribution in [-0.4, -0.2) is 31.3 Å². The van der Waals surface area contributed by atoms with Crippen molar-refractivity contribution in [1.82, 2.24) is 20.2 Å². The molecule has 0 fully saturated rings. The second-order valence-electron chi connectivity index (χ2n) is 4.27. The number of aromatic nitrogens is 4. The standard InChI is InChI=1S/C13H16N4O2/c1-2-10-5-7-11(8-6-10)13-14-15-16-17(13)9-3-4-12(18)19/h5-8H,2-4,9H2,1H3,(H,18,19). The highest BCUT2D eigenvalue weighted by Crippen LogP contribution is 2.17. The van der Waals surface area contributed by atoms with E-state index in [1.165, 1.54) is 5.56 Å². The zero-order chi connectivity index (χ0) is 13.7. The third-order valence-electron chi connectivity index (χ3n) is 2.91. The minimum atomic E-state index is -0.804. The number of carboxylic acids is 1. The van der Waals surface area contributed by atoms with Gasteiger partial charge in [-0.1, -0.05) is 31.2 Å². The average molecular weight is 260 g/mol. The van der Waals surface area contributed by atoms with Crippen molar-refractivity contribution in [2.45, 2.75) is 32.7 Å². The quantitative estimate of drug-likeness (QED) is 0.856. The van der Waals surface area contributed by atoms with Crippen LogP contribution in [0.2, 0.25) is 0 Å². The Labute approximate surface area is 111 Å². The molecular formula is C13H16N4O2. The SMILES string of the molecule is CCc1ccc(-c2nnnn2CCCC(=O)O)cc1. The van der Waals surface area contributed by atoms with Gasteiger partial charge in [-0.3, -0.25) is 4.79 Å². The molecule has 1 N–H and O–H groups in total. The molecule has 1 aromatic heterocycles. The predicted molar refractivity (Wildman–Crippen MR) is 69.5 cm³/mol. The highest BCUT2D eigenvalue weighted by Gasteiger charge is 2.09. The first kappa shape index (κ1) is 13.2. The number of hydrogen-bond acceptors (Lipinski definition) is 4. The van der Waals surface area contributed by atoms with Crippen molar-refractivity contribution < 1.29 is 9.90 Å². The molecule has 0 aliphatic heterocycles. The summed E-state index contributed by atoms with van der Waals surface area (Å²) in [5, 5.41) is 20.2. The van der Waals surface area contributed by atoms with Gasteiger partial charge in [0.1, 0.15) is 0 Å². The van der Waals surface area contributed by atoms with E-state index in [2.05, 4.69) is 22.4 Å². The van der Waals surface area contributed by atoms with Crippen molar-refractivity contribution in [2.75, 3.05) is 0 Å². The second-order valence-corrected chi connectivity index (χ2v) is 4.27. The van der Waals surface area contributed by atoms with E-state index in [0.29, 0.717) is 18.8 Å². The van der Waals surface area contributed by atoms with Gasteiger partial charge in [0, 0.05) is 18.5 Å². The summed E-state index contributed by atoms with van der Waals surface area (Å²) < 4.78 is 1.64. The van der Waals surface area contributed by atoms with Gasteiger partial charge in [0.2, 0.25) is 0 Å². The van der Waals surface area contributed by atoms with Crippen molar-refractivity contribution >= 4 is 5.97 Å². The van der Waals surface area contributed by atoms with Gasteiger partial charge in [0.25, 0.3) is 0 Å².